The van der Waals surface area contributed by atoms with Gasteiger partial charge in [-0.25, -0.2) is 0 Å². The summed E-state index contributed by atoms with van der Waals surface area (Å²) in [5.74, 6) is -1.42. The Bertz CT molecular complexity index is 1040. The number of amides is 2. The zero-order valence-electron chi connectivity index (χ0n) is 17.4. The molecule has 2 unspecified atom stereocenters. The molecule has 2 heterocycles. The van der Waals surface area contributed by atoms with Gasteiger partial charge in [-0.05, 0) is 62.4 Å². The Morgan fingerprint density at radius 1 is 1.12 bits per heavy atom. The zero-order chi connectivity index (χ0) is 22.7. The van der Waals surface area contributed by atoms with E-state index >= 15 is 0 Å². The average molecular weight is 457 g/mol. The Morgan fingerprint density at radius 3 is 2.66 bits per heavy atom. The van der Waals surface area contributed by atoms with Crippen LogP contribution in [0.5, 0.6) is 0 Å². The van der Waals surface area contributed by atoms with Crippen molar-refractivity contribution in [1.82, 2.24) is 15.6 Å². The smallest absolute Gasteiger partial charge is 0.303 e. The lowest BCUT2D eigenvalue weighted by atomic mass is 9.88. The number of carbonyl (C=O) groups is 3. The molecule has 2 amide bonds. The van der Waals surface area contributed by atoms with E-state index in [9.17, 15) is 19.5 Å². The summed E-state index contributed by atoms with van der Waals surface area (Å²) in [6.45, 7) is 0.649. The predicted octanol–water partition coefficient (Wildman–Crippen LogP) is 3.39. The number of nitrogens with one attached hydrogen (secondary N) is 3. The summed E-state index contributed by atoms with van der Waals surface area (Å²) in [5, 5.41) is 18.8. The van der Waals surface area contributed by atoms with Crippen molar-refractivity contribution in [2.75, 3.05) is 11.9 Å². The quantitative estimate of drug-likeness (QED) is 0.506. The number of benzene rings is 1. The molecule has 2 aromatic rings. The van der Waals surface area contributed by atoms with Crippen molar-refractivity contribution in [2.45, 2.75) is 44.2 Å². The number of hydrogen-bond donors (Lipinski definition) is 4. The lowest BCUT2D eigenvalue weighted by Crippen LogP contribution is -2.34. The molecule has 2 atom stereocenters. The van der Waals surface area contributed by atoms with Gasteiger partial charge in [0.1, 0.15) is 0 Å². The van der Waals surface area contributed by atoms with Gasteiger partial charge in [-0.3, -0.25) is 19.4 Å². The molecule has 168 valence electrons. The first-order valence-corrected chi connectivity index (χ1v) is 11.1. The number of rotatable bonds is 7. The van der Waals surface area contributed by atoms with Crippen molar-refractivity contribution in [3.8, 4) is 0 Å². The van der Waals surface area contributed by atoms with Gasteiger partial charge in [0.15, 0.2) is 0 Å². The first-order valence-electron chi connectivity index (χ1n) is 10.7. The van der Waals surface area contributed by atoms with Crippen LogP contribution < -0.4 is 16.0 Å². The summed E-state index contributed by atoms with van der Waals surface area (Å²) in [6.07, 6.45) is 4.86. The van der Waals surface area contributed by atoms with E-state index in [2.05, 4.69) is 20.9 Å². The van der Waals surface area contributed by atoms with Crippen LogP contribution in [0.25, 0.3) is 0 Å². The molecule has 2 aliphatic rings. The number of aromatic nitrogens is 1. The fourth-order valence-corrected chi connectivity index (χ4v) is 4.13. The SMILES string of the molecule is O=C(O)CC1CCNC(c2ncc(C(=O)NC3CC3)cc2NC(=O)c2cccc(Cl)c2)C1. The molecule has 32 heavy (non-hydrogen) atoms. The molecule has 0 bridgehead atoms. The van der Waals surface area contributed by atoms with Crippen LogP contribution in [0.15, 0.2) is 36.5 Å². The Morgan fingerprint density at radius 2 is 1.94 bits per heavy atom. The van der Waals surface area contributed by atoms with E-state index in [1.165, 1.54) is 6.20 Å². The molecular formula is C23H25ClN4O4. The summed E-state index contributed by atoms with van der Waals surface area (Å²) >= 11 is 6.02. The van der Waals surface area contributed by atoms with Crippen molar-refractivity contribution in [3.63, 3.8) is 0 Å². The normalized spacial score (nSPS) is 20.4. The number of aliphatic carboxylic acids is 1. The fourth-order valence-electron chi connectivity index (χ4n) is 3.93. The van der Waals surface area contributed by atoms with E-state index in [1.54, 1.807) is 30.3 Å². The minimum Gasteiger partial charge on any atom is -0.481 e. The number of pyridine rings is 1. The lowest BCUT2D eigenvalue weighted by molar-refractivity contribution is -0.138. The molecule has 1 saturated carbocycles. The molecule has 4 N–H and O–H groups in total. The minimum atomic E-state index is -0.829. The van der Waals surface area contributed by atoms with Crippen molar-refractivity contribution >= 4 is 35.1 Å². The molecule has 1 aromatic heterocycles. The minimum absolute atomic E-state index is 0.00914. The van der Waals surface area contributed by atoms with Gasteiger partial charge in [0.25, 0.3) is 11.8 Å². The number of halogens is 1. The summed E-state index contributed by atoms with van der Waals surface area (Å²) in [6, 6.07) is 8.18. The molecule has 0 radical (unpaired) electrons. The van der Waals surface area contributed by atoms with Gasteiger partial charge in [0.2, 0.25) is 0 Å². The van der Waals surface area contributed by atoms with Gasteiger partial charge in [-0.2, -0.15) is 0 Å². The maximum Gasteiger partial charge on any atom is 0.303 e. The van der Waals surface area contributed by atoms with Crippen LogP contribution in [0.4, 0.5) is 5.69 Å². The summed E-state index contributed by atoms with van der Waals surface area (Å²) < 4.78 is 0. The molecular weight excluding hydrogens is 432 g/mol. The number of hydrogen-bond acceptors (Lipinski definition) is 5. The molecule has 9 heteroatoms. The highest BCUT2D eigenvalue weighted by molar-refractivity contribution is 6.31. The predicted molar refractivity (Wildman–Crippen MR) is 120 cm³/mol. The average Bonchev–Trinajstić information content (AvgIpc) is 3.57. The zero-order valence-corrected chi connectivity index (χ0v) is 18.2. The number of carbonyl (C=O) groups excluding carboxylic acids is 2. The highest BCUT2D eigenvalue weighted by Gasteiger charge is 2.29. The lowest BCUT2D eigenvalue weighted by Gasteiger charge is -2.30. The van der Waals surface area contributed by atoms with Gasteiger partial charge < -0.3 is 21.1 Å². The third-order valence-corrected chi connectivity index (χ3v) is 5.97. The van der Waals surface area contributed by atoms with E-state index in [0.29, 0.717) is 40.5 Å². The van der Waals surface area contributed by atoms with E-state index in [-0.39, 0.29) is 36.2 Å². The largest absolute Gasteiger partial charge is 0.481 e. The Labute approximate surface area is 190 Å². The highest BCUT2D eigenvalue weighted by Crippen LogP contribution is 2.33. The second-order valence-corrected chi connectivity index (χ2v) is 8.80. The Hall–Kier alpha value is -2.97. The summed E-state index contributed by atoms with van der Waals surface area (Å²) in [7, 11) is 0. The third kappa shape index (κ3) is 5.63. The van der Waals surface area contributed by atoms with Crippen molar-refractivity contribution in [2.24, 2.45) is 5.92 Å². The van der Waals surface area contributed by atoms with Crippen molar-refractivity contribution in [3.05, 3.63) is 58.4 Å². The van der Waals surface area contributed by atoms with E-state index in [1.807, 2.05) is 0 Å². The van der Waals surface area contributed by atoms with Crippen LogP contribution >= 0.6 is 11.6 Å². The second kappa shape index (κ2) is 9.67. The van der Waals surface area contributed by atoms with E-state index in [0.717, 1.165) is 19.3 Å². The number of nitrogens with zero attached hydrogens (tertiary/aromatic N) is 1. The van der Waals surface area contributed by atoms with Crippen LogP contribution in [-0.4, -0.2) is 40.5 Å². The maximum atomic E-state index is 12.9. The molecule has 1 aliphatic heterocycles. The number of anilines is 1. The molecule has 1 aromatic carbocycles. The van der Waals surface area contributed by atoms with Gasteiger partial charge in [0.05, 0.1) is 23.0 Å². The first-order chi connectivity index (χ1) is 15.4. The molecule has 2 fully saturated rings. The van der Waals surface area contributed by atoms with E-state index < -0.39 is 5.97 Å². The van der Waals surface area contributed by atoms with Gasteiger partial charge in [0, 0.05) is 29.2 Å². The van der Waals surface area contributed by atoms with Crippen LogP contribution in [0.1, 0.15) is 64.6 Å². The number of piperidine rings is 1. The Balaban J connectivity index is 1.61. The summed E-state index contributed by atoms with van der Waals surface area (Å²) in [5.41, 5.74) is 1.75. The van der Waals surface area contributed by atoms with Crippen LogP contribution in [0, 0.1) is 5.92 Å². The number of carboxylic acid groups (broad SMARTS) is 1. The fraction of sp³-hybridized carbons (Fsp3) is 0.391. The molecule has 1 saturated heterocycles. The second-order valence-electron chi connectivity index (χ2n) is 8.36. The summed E-state index contributed by atoms with van der Waals surface area (Å²) in [4.78, 5) is 41.1. The van der Waals surface area contributed by atoms with Crippen molar-refractivity contribution < 1.29 is 19.5 Å². The standard InChI is InChI=1S/C23H25ClN4O4/c24-16-3-1-2-14(10-16)22(31)28-19-11-15(23(32)27-17-4-5-17)12-26-21(19)18-8-13(6-7-25-18)9-20(29)30/h1-3,10-13,17-18,25H,4-9H2,(H,27,32)(H,28,31)(H,29,30). The molecule has 0 spiro atoms. The van der Waals surface area contributed by atoms with Crippen LogP contribution in [-0.2, 0) is 4.79 Å². The van der Waals surface area contributed by atoms with Crippen LogP contribution in [0.3, 0.4) is 0 Å². The van der Waals surface area contributed by atoms with Gasteiger partial charge >= 0.3 is 5.97 Å². The van der Waals surface area contributed by atoms with Crippen LogP contribution in [0.2, 0.25) is 5.02 Å². The van der Waals surface area contributed by atoms with Crippen molar-refractivity contribution in [1.29, 1.82) is 0 Å². The topological polar surface area (TPSA) is 120 Å². The van der Waals surface area contributed by atoms with Gasteiger partial charge in [-0.1, -0.05) is 17.7 Å². The molecule has 8 nitrogen and oxygen atoms in total. The third-order valence-electron chi connectivity index (χ3n) is 5.73. The van der Waals surface area contributed by atoms with E-state index in [4.69, 9.17) is 11.6 Å². The number of carboxylic acids is 1. The molecule has 1 aliphatic carbocycles. The molecule has 4 rings (SSSR count). The maximum absolute atomic E-state index is 12.9. The Kier molecular flexibility index (Phi) is 6.72. The van der Waals surface area contributed by atoms with Gasteiger partial charge in [-0.15, -0.1) is 0 Å². The first kappa shape index (κ1) is 22.2. The highest BCUT2D eigenvalue weighted by atomic mass is 35.5. The monoisotopic (exact) mass is 456 g/mol.